The average molecular weight is 229 g/mol. The van der Waals surface area contributed by atoms with Gasteiger partial charge in [-0.25, -0.2) is 0 Å². The number of benzene rings is 1. The molecule has 0 atom stereocenters. The van der Waals surface area contributed by atoms with E-state index in [1.165, 1.54) is 4.68 Å². The fraction of sp³-hybridized carbons (Fsp3) is 0.250. The van der Waals surface area contributed by atoms with Gasteiger partial charge in [0.2, 0.25) is 5.69 Å². The Hall–Kier alpha value is -2.35. The second-order valence-electron chi connectivity index (χ2n) is 3.60. The monoisotopic (exact) mass is 229 g/mol. The minimum atomic E-state index is -0.438. The normalized spacial score (nSPS) is 10.1. The first-order valence-electron chi connectivity index (χ1n) is 5.28. The molecular formula is C12H11N3O2. The maximum atomic E-state index is 11.5. The van der Waals surface area contributed by atoms with Crippen LogP contribution in [0.2, 0.25) is 0 Å². The highest BCUT2D eigenvalue weighted by atomic mass is 16.6. The van der Waals surface area contributed by atoms with Gasteiger partial charge in [0.1, 0.15) is 0 Å². The van der Waals surface area contributed by atoms with Crippen molar-refractivity contribution in [2.24, 2.45) is 0 Å². The molecule has 0 amide bonds. The van der Waals surface area contributed by atoms with E-state index < -0.39 is 5.95 Å². The van der Waals surface area contributed by atoms with Crippen LogP contribution in [0.5, 0.6) is 5.95 Å². The summed E-state index contributed by atoms with van der Waals surface area (Å²) in [5.74, 6) is -0.438. The van der Waals surface area contributed by atoms with Crippen LogP contribution in [0.4, 0.5) is 0 Å². The summed E-state index contributed by atoms with van der Waals surface area (Å²) in [4.78, 5) is 0. The van der Waals surface area contributed by atoms with E-state index >= 15 is 0 Å². The fourth-order valence-corrected chi connectivity index (χ4v) is 1.58. The Bertz CT molecular complexity index is 528. The van der Waals surface area contributed by atoms with Crippen molar-refractivity contribution in [1.82, 2.24) is 5.27 Å². The molecule has 0 unspecified atom stereocenters. The van der Waals surface area contributed by atoms with Crippen LogP contribution >= 0.6 is 0 Å². The summed E-state index contributed by atoms with van der Waals surface area (Å²) >= 11 is 0. The van der Waals surface area contributed by atoms with Gasteiger partial charge >= 0.3 is 0 Å². The van der Waals surface area contributed by atoms with Crippen LogP contribution in [-0.2, 0) is 13.0 Å². The Labute approximate surface area is 98.5 Å². The molecule has 1 heterocycles. The third-order valence-corrected chi connectivity index (χ3v) is 2.42. The van der Waals surface area contributed by atoms with E-state index in [0.29, 0.717) is 25.1 Å². The highest BCUT2D eigenvalue weighted by Gasteiger charge is 2.17. The number of hydrogen-bond donors (Lipinski definition) is 0. The lowest BCUT2D eigenvalue weighted by Gasteiger charge is -1.98. The lowest BCUT2D eigenvalue weighted by molar-refractivity contribution is -0.767. The largest absolute Gasteiger partial charge is 0.539 e. The molecule has 0 saturated heterocycles. The molecule has 5 nitrogen and oxygen atoms in total. The van der Waals surface area contributed by atoms with Crippen LogP contribution in [0.15, 0.2) is 34.9 Å². The predicted molar refractivity (Wildman–Crippen MR) is 55.6 cm³/mol. The second-order valence-corrected chi connectivity index (χ2v) is 3.60. The number of hydrogen-bond acceptors (Lipinski definition) is 4. The lowest BCUT2D eigenvalue weighted by Crippen LogP contribution is -2.39. The summed E-state index contributed by atoms with van der Waals surface area (Å²) in [6, 6.07) is 11.6. The first-order valence-corrected chi connectivity index (χ1v) is 5.28. The summed E-state index contributed by atoms with van der Waals surface area (Å²) in [7, 11) is 0. The van der Waals surface area contributed by atoms with Crippen molar-refractivity contribution in [2.75, 3.05) is 0 Å². The molecule has 5 heteroatoms. The Morgan fingerprint density at radius 3 is 2.82 bits per heavy atom. The van der Waals surface area contributed by atoms with Gasteiger partial charge in [-0.2, -0.15) is 5.26 Å². The van der Waals surface area contributed by atoms with Gasteiger partial charge in [0.25, 0.3) is 0 Å². The number of aromatic nitrogens is 2. The van der Waals surface area contributed by atoms with Crippen molar-refractivity contribution in [3.8, 4) is 12.0 Å². The number of nitrogens with zero attached hydrogens (tertiary/aromatic N) is 3. The van der Waals surface area contributed by atoms with Gasteiger partial charge < -0.3 is 9.63 Å². The van der Waals surface area contributed by atoms with Gasteiger partial charge in [-0.1, -0.05) is 35.0 Å². The topological polar surface area (TPSA) is 76.8 Å². The van der Waals surface area contributed by atoms with Crippen LogP contribution in [-0.4, -0.2) is 5.27 Å². The minimum Gasteiger partial charge on any atom is -0.539 e. The van der Waals surface area contributed by atoms with Crippen molar-refractivity contribution < 1.29 is 14.3 Å². The van der Waals surface area contributed by atoms with E-state index in [0.717, 1.165) is 5.56 Å². The van der Waals surface area contributed by atoms with Crippen LogP contribution in [0.25, 0.3) is 0 Å². The van der Waals surface area contributed by atoms with Crippen molar-refractivity contribution in [2.45, 2.75) is 19.4 Å². The Morgan fingerprint density at radius 2 is 2.12 bits per heavy atom. The zero-order valence-electron chi connectivity index (χ0n) is 9.17. The van der Waals surface area contributed by atoms with Crippen LogP contribution < -0.4 is 9.79 Å². The summed E-state index contributed by atoms with van der Waals surface area (Å²) < 4.78 is 6.07. The van der Waals surface area contributed by atoms with E-state index in [-0.39, 0.29) is 0 Å². The van der Waals surface area contributed by atoms with Gasteiger partial charge in [-0.05, 0) is 5.56 Å². The van der Waals surface area contributed by atoms with Crippen molar-refractivity contribution in [3.05, 3.63) is 41.6 Å². The van der Waals surface area contributed by atoms with Gasteiger partial charge in [0.05, 0.1) is 24.2 Å². The zero-order chi connectivity index (χ0) is 12.1. The maximum absolute atomic E-state index is 11.5. The molecule has 0 fully saturated rings. The van der Waals surface area contributed by atoms with Crippen LogP contribution in [0, 0.1) is 11.3 Å². The van der Waals surface area contributed by atoms with Gasteiger partial charge in [-0.15, -0.1) is 0 Å². The molecule has 86 valence electrons. The second kappa shape index (κ2) is 5.12. The molecule has 0 spiro atoms. The van der Waals surface area contributed by atoms with Crippen molar-refractivity contribution >= 4 is 0 Å². The molecule has 2 aromatic rings. The average Bonchev–Trinajstić information content (AvgIpc) is 2.70. The molecule has 1 aromatic heterocycles. The Balaban J connectivity index is 2.20. The Kier molecular flexibility index (Phi) is 3.36. The zero-order valence-corrected chi connectivity index (χ0v) is 9.17. The molecule has 17 heavy (non-hydrogen) atoms. The number of nitriles is 1. The maximum Gasteiger partial charge on any atom is 0.237 e. The highest BCUT2D eigenvalue weighted by molar-refractivity contribution is 5.21. The van der Waals surface area contributed by atoms with Gasteiger partial charge in [0.15, 0.2) is 12.5 Å². The molecule has 0 N–H and O–H groups in total. The highest BCUT2D eigenvalue weighted by Crippen LogP contribution is 2.13. The molecule has 0 aliphatic heterocycles. The quantitative estimate of drug-likeness (QED) is 0.717. The third kappa shape index (κ3) is 2.61. The van der Waals surface area contributed by atoms with Gasteiger partial charge in [-0.3, -0.25) is 0 Å². The molecule has 0 saturated carbocycles. The van der Waals surface area contributed by atoms with E-state index in [2.05, 4.69) is 9.79 Å². The molecule has 0 aliphatic carbocycles. The third-order valence-electron chi connectivity index (χ3n) is 2.42. The first-order chi connectivity index (χ1) is 8.31. The van der Waals surface area contributed by atoms with E-state index in [4.69, 9.17) is 5.26 Å². The molecule has 0 radical (unpaired) electrons. The molecule has 0 bridgehead atoms. The molecule has 2 rings (SSSR count). The predicted octanol–water partition coefficient (Wildman–Crippen LogP) is 0.540. The molecule has 1 aromatic carbocycles. The first kappa shape index (κ1) is 11.1. The number of rotatable bonds is 4. The minimum absolute atomic E-state index is 0.304. The summed E-state index contributed by atoms with van der Waals surface area (Å²) in [6.45, 7) is 0.379. The lowest BCUT2D eigenvalue weighted by atomic mass is 10.1. The van der Waals surface area contributed by atoms with Gasteiger partial charge in [0, 0.05) is 0 Å². The number of aryl methyl sites for hydroxylation is 1. The fourth-order valence-electron chi connectivity index (χ4n) is 1.58. The summed E-state index contributed by atoms with van der Waals surface area (Å²) in [6.07, 6.45) is 0.771. The van der Waals surface area contributed by atoms with Crippen LogP contribution in [0.1, 0.15) is 17.7 Å². The van der Waals surface area contributed by atoms with E-state index in [1.54, 1.807) is 0 Å². The van der Waals surface area contributed by atoms with Crippen LogP contribution in [0.3, 0.4) is 0 Å². The standard InChI is InChI=1S/C12H11N3O2/c13-7-4-8-15-11(12(16)17-14-15)9-10-5-2-1-3-6-10/h1-3,5-6H,4,8-9H2. The summed E-state index contributed by atoms with van der Waals surface area (Å²) in [5, 5.41) is 23.6. The smallest absolute Gasteiger partial charge is 0.237 e. The summed E-state index contributed by atoms with van der Waals surface area (Å²) in [5.41, 5.74) is 1.49. The van der Waals surface area contributed by atoms with E-state index in [1.807, 2.05) is 36.4 Å². The van der Waals surface area contributed by atoms with E-state index in [9.17, 15) is 5.11 Å². The Morgan fingerprint density at radius 1 is 1.35 bits per heavy atom. The molecular weight excluding hydrogens is 218 g/mol. The SMILES string of the molecule is N#CCC[n+]1noc([O-])c1Cc1ccccc1. The van der Waals surface area contributed by atoms with Crippen molar-refractivity contribution in [1.29, 1.82) is 5.26 Å². The molecule has 0 aliphatic rings. The van der Waals surface area contributed by atoms with Crippen molar-refractivity contribution in [3.63, 3.8) is 0 Å².